The Morgan fingerprint density at radius 1 is 1.41 bits per heavy atom. The van der Waals surface area contributed by atoms with Crippen LogP contribution >= 0.6 is 0 Å². The molecule has 0 saturated heterocycles. The molecule has 1 aromatic heterocycles. The van der Waals surface area contributed by atoms with Crippen molar-refractivity contribution < 1.29 is 0 Å². The Balaban J connectivity index is 2.60. The van der Waals surface area contributed by atoms with E-state index in [1.807, 2.05) is 35.9 Å². The van der Waals surface area contributed by atoms with E-state index in [1.165, 1.54) is 0 Å². The van der Waals surface area contributed by atoms with Crippen molar-refractivity contribution in [3.63, 3.8) is 0 Å². The lowest BCUT2D eigenvalue weighted by atomic mass is 10.1. The first kappa shape index (κ1) is 11.4. The number of aromatic nitrogens is 2. The highest BCUT2D eigenvalue weighted by Crippen LogP contribution is 2.20. The smallest absolute Gasteiger partial charge is 0.113 e. The van der Waals surface area contributed by atoms with Gasteiger partial charge in [-0.25, -0.2) is 4.98 Å². The molecule has 0 N–H and O–H groups in total. The number of rotatable bonds is 3. The molecule has 0 atom stereocenters. The second-order valence-electron chi connectivity index (χ2n) is 4.05. The van der Waals surface area contributed by atoms with Gasteiger partial charge in [0.1, 0.15) is 11.9 Å². The summed E-state index contributed by atoms with van der Waals surface area (Å²) in [6.45, 7) is 4.15. The topological polar surface area (TPSA) is 41.6 Å². The van der Waals surface area contributed by atoms with E-state index in [0.717, 1.165) is 29.9 Å². The lowest BCUT2D eigenvalue weighted by Gasteiger charge is -2.11. The van der Waals surface area contributed by atoms with Gasteiger partial charge in [0.15, 0.2) is 0 Å². The zero-order chi connectivity index (χ0) is 12.3. The number of nitriles is 1. The van der Waals surface area contributed by atoms with E-state index in [9.17, 15) is 5.26 Å². The average Bonchev–Trinajstić information content (AvgIpc) is 2.77. The van der Waals surface area contributed by atoms with E-state index in [4.69, 9.17) is 0 Å². The second-order valence-corrected chi connectivity index (χ2v) is 4.05. The number of nitrogens with zero attached hydrogens (tertiary/aromatic N) is 3. The molecule has 0 spiro atoms. The van der Waals surface area contributed by atoms with Gasteiger partial charge in [-0.1, -0.05) is 19.1 Å². The van der Waals surface area contributed by atoms with Gasteiger partial charge < -0.3 is 4.57 Å². The number of para-hydroxylation sites is 1. The average molecular weight is 225 g/mol. The van der Waals surface area contributed by atoms with Crippen LogP contribution in [0, 0.1) is 18.3 Å². The van der Waals surface area contributed by atoms with Gasteiger partial charge in [-0.15, -0.1) is 0 Å². The van der Waals surface area contributed by atoms with Crippen LogP contribution in [0.4, 0.5) is 0 Å². The molecule has 0 aliphatic heterocycles. The molecule has 0 fully saturated rings. The molecule has 0 amide bonds. The lowest BCUT2D eigenvalue weighted by molar-refractivity contribution is 0.806. The molecule has 17 heavy (non-hydrogen) atoms. The minimum atomic E-state index is 0.695. The summed E-state index contributed by atoms with van der Waals surface area (Å²) in [4.78, 5) is 4.35. The minimum absolute atomic E-state index is 0.695. The molecule has 0 unspecified atom stereocenters. The molecule has 86 valence electrons. The summed E-state index contributed by atoms with van der Waals surface area (Å²) in [5, 5.41) is 9.18. The van der Waals surface area contributed by atoms with Crippen molar-refractivity contribution in [2.45, 2.75) is 26.7 Å². The molecular formula is C14H15N3. The summed E-state index contributed by atoms with van der Waals surface area (Å²) in [6, 6.07) is 8.02. The van der Waals surface area contributed by atoms with Crippen LogP contribution in [0.5, 0.6) is 0 Å². The molecule has 3 nitrogen and oxygen atoms in total. The second kappa shape index (κ2) is 4.84. The predicted octanol–water partition coefficient (Wildman–Crippen LogP) is 3.00. The fourth-order valence-corrected chi connectivity index (χ4v) is 2.02. The monoisotopic (exact) mass is 225 g/mol. The minimum Gasteiger partial charge on any atom is -0.302 e. The van der Waals surface area contributed by atoms with E-state index in [2.05, 4.69) is 18.0 Å². The standard InChI is InChI=1S/C14H15N3/c1-3-5-13-16-8-9-17(13)14-11(2)6-4-7-12(14)10-15/h4,6-9H,3,5H2,1-2H3. The number of imidazole rings is 1. The van der Waals surface area contributed by atoms with Gasteiger partial charge in [-0.3, -0.25) is 0 Å². The third-order valence-electron chi connectivity index (χ3n) is 2.79. The first-order chi connectivity index (χ1) is 8.27. The molecule has 3 heteroatoms. The zero-order valence-electron chi connectivity index (χ0n) is 10.1. The molecule has 1 aromatic carbocycles. The molecule has 0 aliphatic carbocycles. The van der Waals surface area contributed by atoms with Crippen molar-refractivity contribution in [1.29, 1.82) is 5.26 Å². The van der Waals surface area contributed by atoms with Crippen molar-refractivity contribution in [2.75, 3.05) is 0 Å². The number of benzene rings is 1. The van der Waals surface area contributed by atoms with Crippen LogP contribution in [0.15, 0.2) is 30.6 Å². The van der Waals surface area contributed by atoms with Crippen LogP contribution < -0.4 is 0 Å². The first-order valence-corrected chi connectivity index (χ1v) is 5.80. The van der Waals surface area contributed by atoms with Gasteiger partial charge >= 0.3 is 0 Å². The fourth-order valence-electron chi connectivity index (χ4n) is 2.02. The quantitative estimate of drug-likeness (QED) is 0.805. The third-order valence-corrected chi connectivity index (χ3v) is 2.79. The first-order valence-electron chi connectivity index (χ1n) is 5.80. The molecule has 0 radical (unpaired) electrons. The van der Waals surface area contributed by atoms with Gasteiger partial charge in [0, 0.05) is 18.8 Å². The summed E-state index contributed by atoms with van der Waals surface area (Å²) in [7, 11) is 0. The Morgan fingerprint density at radius 3 is 2.94 bits per heavy atom. The van der Waals surface area contributed by atoms with Crippen LogP contribution in [-0.2, 0) is 6.42 Å². The SMILES string of the molecule is CCCc1nccn1-c1c(C)cccc1C#N. The maximum absolute atomic E-state index is 9.18. The summed E-state index contributed by atoms with van der Waals surface area (Å²) in [6.07, 6.45) is 5.68. The molecule has 2 rings (SSSR count). The van der Waals surface area contributed by atoms with E-state index in [0.29, 0.717) is 5.56 Å². The summed E-state index contributed by atoms with van der Waals surface area (Å²) < 4.78 is 2.03. The van der Waals surface area contributed by atoms with Gasteiger partial charge in [0.05, 0.1) is 11.3 Å². The highest BCUT2D eigenvalue weighted by atomic mass is 15.1. The van der Waals surface area contributed by atoms with Crippen LogP contribution in [0.1, 0.15) is 30.3 Å². The Kier molecular flexibility index (Phi) is 3.24. The zero-order valence-corrected chi connectivity index (χ0v) is 10.1. The molecule has 0 aliphatic rings. The molecule has 0 bridgehead atoms. The largest absolute Gasteiger partial charge is 0.302 e. The molecular weight excluding hydrogens is 210 g/mol. The van der Waals surface area contributed by atoms with Gasteiger partial charge in [-0.05, 0) is 25.0 Å². The fraction of sp³-hybridized carbons (Fsp3) is 0.286. The Bertz CT molecular complexity index is 561. The normalized spacial score (nSPS) is 10.2. The van der Waals surface area contributed by atoms with Crippen molar-refractivity contribution in [3.8, 4) is 11.8 Å². The number of aryl methyl sites for hydroxylation is 2. The summed E-state index contributed by atoms with van der Waals surface area (Å²) in [5.41, 5.74) is 2.75. The Morgan fingerprint density at radius 2 is 2.24 bits per heavy atom. The molecule has 2 aromatic rings. The maximum Gasteiger partial charge on any atom is 0.113 e. The van der Waals surface area contributed by atoms with E-state index >= 15 is 0 Å². The van der Waals surface area contributed by atoms with Crippen LogP contribution in [0.25, 0.3) is 5.69 Å². The predicted molar refractivity (Wildman–Crippen MR) is 67.0 cm³/mol. The van der Waals surface area contributed by atoms with Crippen LogP contribution in [0.2, 0.25) is 0 Å². The highest BCUT2D eigenvalue weighted by molar-refractivity contribution is 5.54. The molecule has 1 heterocycles. The van der Waals surface area contributed by atoms with Gasteiger partial charge in [-0.2, -0.15) is 5.26 Å². The Labute approximate surface area is 101 Å². The highest BCUT2D eigenvalue weighted by Gasteiger charge is 2.10. The van der Waals surface area contributed by atoms with Crippen molar-refractivity contribution in [3.05, 3.63) is 47.5 Å². The van der Waals surface area contributed by atoms with Crippen LogP contribution in [0.3, 0.4) is 0 Å². The van der Waals surface area contributed by atoms with Crippen LogP contribution in [-0.4, -0.2) is 9.55 Å². The van der Waals surface area contributed by atoms with Crippen molar-refractivity contribution >= 4 is 0 Å². The van der Waals surface area contributed by atoms with E-state index < -0.39 is 0 Å². The van der Waals surface area contributed by atoms with Gasteiger partial charge in [0.2, 0.25) is 0 Å². The lowest BCUT2D eigenvalue weighted by Crippen LogP contribution is -2.04. The number of hydrogen-bond donors (Lipinski definition) is 0. The summed E-state index contributed by atoms with van der Waals surface area (Å²) in [5.74, 6) is 1.01. The van der Waals surface area contributed by atoms with Gasteiger partial charge in [0.25, 0.3) is 0 Å². The number of hydrogen-bond acceptors (Lipinski definition) is 2. The molecule has 0 saturated carbocycles. The third kappa shape index (κ3) is 2.07. The van der Waals surface area contributed by atoms with Crippen molar-refractivity contribution in [1.82, 2.24) is 9.55 Å². The van der Waals surface area contributed by atoms with Crippen molar-refractivity contribution in [2.24, 2.45) is 0 Å². The van der Waals surface area contributed by atoms with E-state index in [-0.39, 0.29) is 0 Å². The maximum atomic E-state index is 9.18. The van der Waals surface area contributed by atoms with E-state index in [1.54, 1.807) is 6.20 Å². The Hall–Kier alpha value is -2.08. The summed E-state index contributed by atoms with van der Waals surface area (Å²) >= 11 is 0.